The minimum absolute atomic E-state index is 0.447. The molecule has 1 fully saturated rings. The van der Waals surface area contributed by atoms with Gasteiger partial charge < -0.3 is 10.1 Å². The smallest absolute Gasteiger partial charge is 0.0512 e. The van der Waals surface area contributed by atoms with Gasteiger partial charge in [-0.15, -0.1) is 11.3 Å². The standard InChI is InChI=1S/C16H21NOS/c1-2-17-16(13-7-5-9-18-11-13)15-10-12-6-3-4-8-14(12)19-15/h3-4,6,8,10,13,16-17H,2,5,7,9,11H2,1H3. The van der Waals surface area contributed by atoms with Gasteiger partial charge in [0.1, 0.15) is 0 Å². The number of benzene rings is 1. The first kappa shape index (κ1) is 13.1. The summed E-state index contributed by atoms with van der Waals surface area (Å²) in [5.41, 5.74) is 0. The summed E-state index contributed by atoms with van der Waals surface area (Å²) in [6.45, 7) is 5.02. The van der Waals surface area contributed by atoms with E-state index in [2.05, 4.69) is 42.6 Å². The van der Waals surface area contributed by atoms with E-state index < -0.39 is 0 Å². The molecule has 1 N–H and O–H groups in total. The lowest BCUT2D eigenvalue weighted by Crippen LogP contribution is -2.32. The molecular formula is C16H21NOS. The van der Waals surface area contributed by atoms with Crippen molar-refractivity contribution in [3.8, 4) is 0 Å². The second-order valence-corrected chi connectivity index (χ2v) is 6.31. The van der Waals surface area contributed by atoms with Crippen molar-refractivity contribution in [3.63, 3.8) is 0 Å². The molecule has 0 amide bonds. The summed E-state index contributed by atoms with van der Waals surface area (Å²) in [6.07, 6.45) is 2.46. The number of hydrogen-bond acceptors (Lipinski definition) is 3. The third-order valence-corrected chi connectivity index (χ3v) is 5.04. The zero-order valence-corrected chi connectivity index (χ0v) is 12.2. The van der Waals surface area contributed by atoms with Gasteiger partial charge in [0.25, 0.3) is 0 Å². The molecule has 1 aromatic carbocycles. The maximum atomic E-state index is 5.67. The van der Waals surface area contributed by atoms with Crippen LogP contribution in [0.4, 0.5) is 0 Å². The Bertz CT molecular complexity index is 497. The van der Waals surface area contributed by atoms with Gasteiger partial charge in [-0.3, -0.25) is 0 Å². The van der Waals surface area contributed by atoms with Crippen LogP contribution in [0.3, 0.4) is 0 Å². The number of rotatable bonds is 4. The monoisotopic (exact) mass is 275 g/mol. The van der Waals surface area contributed by atoms with Crippen LogP contribution in [-0.4, -0.2) is 19.8 Å². The van der Waals surface area contributed by atoms with Gasteiger partial charge in [0.05, 0.1) is 6.61 Å². The van der Waals surface area contributed by atoms with Crippen LogP contribution in [0.1, 0.15) is 30.7 Å². The molecule has 0 spiro atoms. The molecule has 2 nitrogen and oxygen atoms in total. The van der Waals surface area contributed by atoms with E-state index in [9.17, 15) is 0 Å². The summed E-state index contributed by atoms with van der Waals surface area (Å²) < 4.78 is 7.06. The second kappa shape index (κ2) is 6.04. The molecule has 2 unspecified atom stereocenters. The summed E-state index contributed by atoms with van der Waals surface area (Å²) in [4.78, 5) is 1.46. The maximum Gasteiger partial charge on any atom is 0.0512 e. The first-order chi connectivity index (χ1) is 9.38. The molecule has 2 atom stereocenters. The molecular weight excluding hydrogens is 254 g/mol. The molecule has 1 aromatic heterocycles. The van der Waals surface area contributed by atoms with E-state index in [1.54, 1.807) is 0 Å². The van der Waals surface area contributed by atoms with Gasteiger partial charge in [-0.25, -0.2) is 0 Å². The molecule has 0 radical (unpaired) electrons. The van der Waals surface area contributed by atoms with E-state index in [0.29, 0.717) is 12.0 Å². The molecule has 0 bridgehead atoms. The van der Waals surface area contributed by atoms with E-state index in [1.165, 1.54) is 27.8 Å². The van der Waals surface area contributed by atoms with Crippen LogP contribution in [0.5, 0.6) is 0 Å². The van der Waals surface area contributed by atoms with Crippen molar-refractivity contribution in [2.75, 3.05) is 19.8 Å². The van der Waals surface area contributed by atoms with E-state index >= 15 is 0 Å². The van der Waals surface area contributed by atoms with Crippen LogP contribution in [0.2, 0.25) is 0 Å². The van der Waals surface area contributed by atoms with Crippen molar-refractivity contribution in [2.24, 2.45) is 5.92 Å². The Labute approximate surface area is 118 Å². The fraction of sp³-hybridized carbons (Fsp3) is 0.500. The van der Waals surface area contributed by atoms with Crippen LogP contribution < -0.4 is 5.32 Å². The normalized spacial score (nSPS) is 21.6. The lowest BCUT2D eigenvalue weighted by molar-refractivity contribution is 0.0398. The van der Waals surface area contributed by atoms with Crippen LogP contribution in [0, 0.1) is 5.92 Å². The second-order valence-electron chi connectivity index (χ2n) is 5.20. The highest BCUT2D eigenvalue weighted by molar-refractivity contribution is 7.19. The lowest BCUT2D eigenvalue weighted by atomic mass is 9.92. The zero-order valence-electron chi connectivity index (χ0n) is 11.4. The average Bonchev–Trinajstić information content (AvgIpc) is 2.89. The minimum atomic E-state index is 0.447. The first-order valence-electron chi connectivity index (χ1n) is 7.18. The Morgan fingerprint density at radius 1 is 1.42 bits per heavy atom. The highest BCUT2D eigenvalue weighted by Gasteiger charge is 2.26. The first-order valence-corrected chi connectivity index (χ1v) is 7.99. The zero-order chi connectivity index (χ0) is 13.1. The topological polar surface area (TPSA) is 21.3 Å². The predicted molar refractivity (Wildman–Crippen MR) is 81.8 cm³/mol. The summed E-state index contributed by atoms with van der Waals surface area (Å²) in [5.74, 6) is 0.613. The van der Waals surface area contributed by atoms with Crippen LogP contribution >= 0.6 is 11.3 Å². The summed E-state index contributed by atoms with van der Waals surface area (Å²) in [7, 11) is 0. The highest BCUT2D eigenvalue weighted by Crippen LogP contribution is 2.36. The Morgan fingerprint density at radius 3 is 3.05 bits per heavy atom. The van der Waals surface area contributed by atoms with Crippen molar-refractivity contribution < 1.29 is 4.74 Å². The van der Waals surface area contributed by atoms with E-state index in [1.807, 2.05) is 11.3 Å². The summed E-state index contributed by atoms with van der Waals surface area (Å²) in [6, 6.07) is 11.4. The van der Waals surface area contributed by atoms with Gasteiger partial charge in [0.15, 0.2) is 0 Å². The molecule has 102 valence electrons. The Kier molecular flexibility index (Phi) is 4.16. The fourth-order valence-corrected chi connectivity index (χ4v) is 4.14. The highest BCUT2D eigenvalue weighted by atomic mass is 32.1. The van der Waals surface area contributed by atoms with Gasteiger partial charge in [-0.1, -0.05) is 25.1 Å². The fourth-order valence-electron chi connectivity index (χ4n) is 2.90. The molecule has 1 aliphatic rings. The number of nitrogens with one attached hydrogen (secondary N) is 1. The van der Waals surface area contributed by atoms with Gasteiger partial charge in [0.2, 0.25) is 0 Å². The van der Waals surface area contributed by atoms with Crippen LogP contribution in [-0.2, 0) is 4.74 Å². The number of hydrogen-bond donors (Lipinski definition) is 1. The van der Waals surface area contributed by atoms with Crippen molar-refractivity contribution in [3.05, 3.63) is 35.2 Å². The van der Waals surface area contributed by atoms with Gasteiger partial charge in [0, 0.05) is 28.1 Å². The average molecular weight is 275 g/mol. The van der Waals surface area contributed by atoms with Gasteiger partial charge in [-0.2, -0.15) is 0 Å². The molecule has 2 heterocycles. The van der Waals surface area contributed by atoms with Crippen LogP contribution in [0.25, 0.3) is 10.1 Å². The number of thiophene rings is 1. The SMILES string of the molecule is CCNC(c1cc2ccccc2s1)C1CCCOC1. The van der Waals surface area contributed by atoms with E-state index in [-0.39, 0.29) is 0 Å². The predicted octanol–water partition coefficient (Wildman–Crippen LogP) is 3.98. The van der Waals surface area contributed by atoms with Crippen molar-refractivity contribution in [1.82, 2.24) is 5.32 Å². The minimum Gasteiger partial charge on any atom is -0.381 e. The Morgan fingerprint density at radius 2 is 2.32 bits per heavy atom. The maximum absolute atomic E-state index is 5.67. The Balaban J connectivity index is 1.89. The molecule has 3 heteroatoms. The number of ether oxygens (including phenoxy) is 1. The molecule has 2 aromatic rings. The largest absolute Gasteiger partial charge is 0.381 e. The molecule has 19 heavy (non-hydrogen) atoms. The molecule has 0 aliphatic carbocycles. The van der Waals surface area contributed by atoms with Crippen molar-refractivity contribution in [2.45, 2.75) is 25.8 Å². The van der Waals surface area contributed by atoms with E-state index in [4.69, 9.17) is 4.74 Å². The molecule has 3 rings (SSSR count). The van der Waals surface area contributed by atoms with Gasteiger partial charge in [-0.05, 0) is 36.9 Å². The Hall–Kier alpha value is -0.900. The quantitative estimate of drug-likeness (QED) is 0.911. The third kappa shape index (κ3) is 2.83. The summed E-state index contributed by atoms with van der Waals surface area (Å²) in [5, 5.41) is 5.02. The number of fused-ring (bicyclic) bond motifs is 1. The molecule has 1 aliphatic heterocycles. The van der Waals surface area contributed by atoms with Crippen molar-refractivity contribution in [1.29, 1.82) is 0 Å². The molecule has 1 saturated heterocycles. The van der Waals surface area contributed by atoms with Crippen molar-refractivity contribution >= 4 is 21.4 Å². The summed E-state index contributed by atoms with van der Waals surface area (Å²) >= 11 is 1.92. The van der Waals surface area contributed by atoms with Gasteiger partial charge >= 0.3 is 0 Å². The van der Waals surface area contributed by atoms with Crippen LogP contribution in [0.15, 0.2) is 30.3 Å². The molecule has 0 saturated carbocycles. The third-order valence-electron chi connectivity index (χ3n) is 3.84. The van der Waals surface area contributed by atoms with E-state index in [0.717, 1.165) is 19.8 Å². The lowest BCUT2D eigenvalue weighted by Gasteiger charge is -2.30.